The lowest BCUT2D eigenvalue weighted by Crippen LogP contribution is -2.45. The summed E-state index contributed by atoms with van der Waals surface area (Å²) >= 11 is 0. The largest absolute Gasteiger partial charge is 0.461 e. The Morgan fingerprint density at radius 3 is 2.23 bits per heavy atom. The number of nitrogens with two attached hydrogens (primary N) is 1. The van der Waals surface area contributed by atoms with Crippen LogP contribution in [0.1, 0.15) is 33.5 Å². The van der Waals surface area contributed by atoms with Crippen molar-refractivity contribution in [2.24, 2.45) is 5.73 Å². The Hall–Kier alpha value is -3.15. The number of rotatable bonds is 7. The Morgan fingerprint density at radius 2 is 1.65 bits per heavy atom. The highest BCUT2D eigenvalue weighted by molar-refractivity contribution is 5.98. The number of hydrogen-bond acceptors (Lipinski definition) is 4. The first-order valence-electron chi connectivity index (χ1n) is 8.23. The molecule has 2 aromatic rings. The molecule has 2 aromatic carbocycles. The van der Waals surface area contributed by atoms with E-state index in [2.05, 4.69) is 5.32 Å². The second-order valence-electron chi connectivity index (χ2n) is 6.16. The molecular formula is C20H22N2O4. The number of amides is 2. The number of primary amides is 1. The zero-order valence-electron chi connectivity index (χ0n) is 14.8. The summed E-state index contributed by atoms with van der Waals surface area (Å²) in [4.78, 5) is 35.9. The van der Waals surface area contributed by atoms with E-state index in [4.69, 9.17) is 10.5 Å². The highest BCUT2D eigenvalue weighted by Crippen LogP contribution is 2.10. The number of aryl methyl sites for hydroxylation is 2. The van der Waals surface area contributed by atoms with Gasteiger partial charge in [0.2, 0.25) is 5.91 Å². The van der Waals surface area contributed by atoms with Gasteiger partial charge in [0.25, 0.3) is 5.91 Å². The van der Waals surface area contributed by atoms with Crippen LogP contribution in [0.5, 0.6) is 0 Å². The Labute approximate surface area is 152 Å². The molecule has 0 saturated carbocycles. The van der Waals surface area contributed by atoms with Crippen molar-refractivity contribution in [3.63, 3.8) is 0 Å². The zero-order chi connectivity index (χ0) is 19.1. The van der Waals surface area contributed by atoms with Crippen LogP contribution in [-0.2, 0) is 20.9 Å². The Bertz CT molecular complexity index is 782. The van der Waals surface area contributed by atoms with Crippen LogP contribution in [0, 0.1) is 13.8 Å². The minimum absolute atomic E-state index is 0.0934. The van der Waals surface area contributed by atoms with Crippen molar-refractivity contribution in [3.8, 4) is 0 Å². The Kier molecular flexibility index (Phi) is 6.49. The molecular weight excluding hydrogens is 332 g/mol. The second kappa shape index (κ2) is 8.80. The van der Waals surface area contributed by atoms with Crippen LogP contribution in [0.3, 0.4) is 0 Å². The van der Waals surface area contributed by atoms with Gasteiger partial charge in [-0.3, -0.25) is 14.4 Å². The van der Waals surface area contributed by atoms with E-state index in [1.54, 1.807) is 12.1 Å². The molecule has 0 fully saturated rings. The molecule has 26 heavy (non-hydrogen) atoms. The lowest BCUT2D eigenvalue weighted by molar-refractivity contribution is -0.146. The van der Waals surface area contributed by atoms with Crippen LogP contribution < -0.4 is 11.1 Å². The standard InChI is InChI=1S/C20H22N2O4/c1-13-8-14(2)10-16(9-13)20(25)22-17(19(21)24)11-18(23)26-12-15-6-4-3-5-7-15/h3-10,17H,11-12H2,1-2H3,(H2,21,24)(H,22,25)/t17-/m1/s1. The Morgan fingerprint density at radius 1 is 1.04 bits per heavy atom. The quantitative estimate of drug-likeness (QED) is 0.743. The predicted molar refractivity (Wildman–Crippen MR) is 97.2 cm³/mol. The van der Waals surface area contributed by atoms with Crippen LogP contribution in [-0.4, -0.2) is 23.8 Å². The lowest BCUT2D eigenvalue weighted by Gasteiger charge is -2.15. The molecule has 2 rings (SSSR count). The molecule has 1 atom stereocenters. The van der Waals surface area contributed by atoms with E-state index in [0.717, 1.165) is 16.7 Å². The maximum Gasteiger partial charge on any atom is 0.308 e. The summed E-state index contributed by atoms with van der Waals surface area (Å²) in [7, 11) is 0. The third-order valence-corrected chi connectivity index (χ3v) is 3.75. The normalized spacial score (nSPS) is 11.5. The fourth-order valence-electron chi connectivity index (χ4n) is 2.53. The maximum absolute atomic E-state index is 12.4. The number of carbonyl (C=O) groups is 3. The molecule has 0 aliphatic carbocycles. The van der Waals surface area contributed by atoms with Gasteiger partial charge in [-0.2, -0.15) is 0 Å². The topological polar surface area (TPSA) is 98.5 Å². The monoisotopic (exact) mass is 354 g/mol. The molecule has 0 unspecified atom stereocenters. The molecule has 0 aliphatic rings. The fourth-order valence-corrected chi connectivity index (χ4v) is 2.53. The predicted octanol–water partition coefficient (Wildman–Crippen LogP) is 2.02. The van der Waals surface area contributed by atoms with Crippen molar-refractivity contribution < 1.29 is 19.1 Å². The lowest BCUT2D eigenvalue weighted by atomic mass is 10.1. The average Bonchev–Trinajstić information content (AvgIpc) is 2.59. The molecule has 0 spiro atoms. The minimum Gasteiger partial charge on any atom is -0.461 e. The van der Waals surface area contributed by atoms with Crippen LogP contribution in [0.4, 0.5) is 0 Å². The Balaban J connectivity index is 1.96. The summed E-state index contributed by atoms with van der Waals surface area (Å²) < 4.78 is 5.14. The summed E-state index contributed by atoms with van der Waals surface area (Å²) in [5.74, 6) is -1.87. The van der Waals surface area contributed by atoms with Crippen molar-refractivity contribution in [1.82, 2.24) is 5.32 Å². The van der Waals surface area contributed by atoms with Gasteiger partial charge >= 0.3 is 5.97 Å². The van der Waals surface area contributed by atoms with Gasteiger partial charge in [-0.1, -0.05) is 47.5 Å². The molecule has 3 N–H and O–H groups in total. The molecule has 0 radical (unpaired) electrons. The van der Waals surface area contributed by atoms with E-state index in [9.17, 15) is 14.4 Å². The molecule has 6 nitrogen and oxygen atoms in total. The molecule has 0 aliphatic heterocycles. The summed E-state index contributed by atoms with van der Waals surface area (Å²) in [6.45, 7) is 3.84. The minimum atomic E-state index is -1.13. The fraction of sp³-hybridized carbons (Fsp3) is 0.250. The SMILES string of the molecule is Cc1cc(C)cc(C(=O)N[C@H](CC(=O)OCc2ccccc2)C(N)=O)c1. The molecule has 2 amide bonds. The van der Waals surface area contributed by atoms with E-state index < -0.39 is 23.8 Å². The summed E-state index contributed by atoms with van der Waals surface area (Å²) in [5.41, 5.74) is 8.40. The van der Waals surface area contributed by atoms with Gasteiger partial charge in [-0.15, -0.1) is 0 Å². The number of benzene rings is 2. The molecule has 0 aromatic heterocycles. The summed E-state index contributed by atoms with van der Waals surface area (Å²) in [5, 5.41) is 2.50. The van der Waals surface area contributed by atoms with E-state index in [1.807, 2.05) is 50.2 Å². The van der Waals surface area contributed by atoms with Gasteiger partial charge in [-0.25, -0.2) is 0 Å². The van der Waals surface area contributed by atoms with Crippen molar-refractivity contribution in [2.75, 3.05) is 0 Å². The number of nitrogens with one attached hydrogen (secondary N) is 1. The van der Waals surface area contributed by atoms with E-state index in [-0.39, 0.29) is 13.0 Å². The summed E-state index contributed by atoms with van der Waals surface area (Å²) in [6.07, 6.45) is -0.321. The van der Waals surface area contributed by atoms with E-state index in [1.165, 1.54) is 0 Å². The number of esters is 1. The third-order valence-electron chi connectivity index (χ3n) is 3.75. The van der Waals surface area contributed by atoms with Crippen molar-refractivity contribution in [1.29, 1.82) is 0 Å². The van der Waals surface area contributed by atoms with Gasteiger partial charge in [-0.05, 0) is 31.5 Å². The molecule has 136 valence electrons. The zero-order valence-corrected chi connectivity index (χ0v) is 14.8. The van der Waals surface area contributed by atoms with Gasteiger partial charge in [0.15, 0.2) is 0 Å². The summed E-state index contributed by atoms with van der Waals surface area (Å²) in [6, 6.07) is 13.4. The number of hydrogen-bond donors (Lipinski definition) is 2. The third kappa shape index (κ3) is 5.73. The first-order valence-corrected chi connectivity index (χ1v) is 8.23. The van der Waals surface area contributed by atoms with Gasteiger partial charge in [0.05, 0.1) is 6.42 Å². The first kappa shape index (κ1) is 19.2. The second-order valence-corrected chi connectivity index (χ2v) is 6.16. The van der Waals surface area contributed by atoms with Gasteiger partial charge in [0.1, 0.15) is 12.6 Å². The maximum atomic E-state index is 12.4. The van der Waals surface area contributed by atoms with Crippen LogP contribution in [0.15, 0.2) is 48.5 Å². The highest BCUT2D eigenvalue weighted by atomic mass is 16.5. The number of carbonyl (C=O) groups excluding carboxylic acids is 3. The number of ether oxygens (including phenoxy) is 1. The smallest absolute Gasteiger partial charge is 0.308 e. The van der Waals surface area contributed by atoms with Crippen molar-refractivity contribution >= 4 is 17.8 Å². The van der Waals surface area contributed by atoms with E-state index >= 15 is 0 Å². The first-order chi connectivity index (χ1) is 12.3. The molecule has 0 heterocycles. The van der Waals surface area contributed by atoms with Gasteiger partial charge < -0.3 is 15.8 Å². The highest BCUT2D eigenvalue weighted by Gasteiger charge is 2.23. The van der Waals surface area contributed by atoms with Crippen molar-refractivity contribution in [3.05, 3.63) is 70.8 Å². The van der Waals surface area contributed by atoms with Crippen LogP contribution in [0.2, 0.25) is 0 Å². The van der Waals surface area contributed by atoms with Crippen molar-refractivity contribution in [2.45, 2.75) is 32.9 Å². The average molecular weight is 354 g/mol. The van der Waals surface area contributed by atoms with Crippen LogP contribution in [0.25, 0.3) is 0 Å². The van der Waals surface area contributed by atoms with Gasteiger partial charge in [0, 0.05) is 5.56 Å². The van der Waals surface area contributed by atoms with Crippen LogP contribution >= 0.6 is 0 Å². The van der Waals surface area contributed by atoms with E-state index in [0.29, 0.717) is 5.56 Å². The molecule has 0 bridgehead atoms. The molecule has 6 heteroatoms. The molecule has 0 saturated heterocycles.